The third-order valence-corrected chi connectivity index (χ3v) is 6.15. The maximum absolute atomic E-state index is 13.7. The molecule has 0 fully saturated rings. The van der Waals surface area contributed by atoms with Crippen molar-refractivity contribution in [1.29, 1.82) is 0 Å². The van der Waals surface area contributed by atoms with Crippen LogP contribution in [0.1, 0.15) is 30.0 Å². The first-order valence-corrected chi connectivity index (χ1v) is 10.8. The summed E-state index contributed by atoms with van der Waals surface area (Å²) >= 11 is 0. The van der Waals surface area contributed by atoms with Crippen LogP contribution in [-0.4, -0.2) is 30.9 Å². The minimum atomic E-state index is -0.549. The van der Waals surface area contributed by atoms with Gasteiger partial charge in [0.25, 0.3) is 0 Å². The number of aryl methyl sites for hydroxylation is 2. The number of carbonyl (C=O) groups excluding carboxylic acids is 2. The number of nitrogens with zero attached hydrogens (tertiary/aromatic N) is 1. The molecule has 4 rings (SSSR count). The number of fused-ring (bicyclic) bond motifs is 2. The molecule has 0 aromatic heterocycles. The number of para-hydroxylation sites is 1. The monoisotopic (exact) mass is 415 g/mol. The Morgan fingerprint density at radius 1 is 1.13 bits per heavy atom. The van der Waals surface area contributed by atoms with Gasteiger partial charge >= 0.3 is 0 Å². The quantitative estimate of drug-likeness (QED) is 0.668. The number of hydrogen-bond acceptors (Lipinski definition) is 3. The highest BCUT2D eigenvalue weighted by atomic mass is 16.2. The highest BCUT2D eigenvalue weighted by Gasteiger charge is 2.32. The fourth-order valence-electron chi connectivity index (χ4n) is 4.20. The first-order valence-electron chi connectivity index (χ1n) is 10.8. The summed E-state index contributed by atoms with van der Waals surface area (Å²) in [5.74, 6) is -0.223. The molecule has 3 aromatic carbocycles. The molecule has 2 amide bonds. The largest absolute Gasteiger partial charge is 0.343 e. The van der Waals surface area contributed by atoms with Gasteiger partial charge in [0.2, 0.25) is 11.8 Å². The molecule has 5 heteroatoms. The first-order chi connectivity index (χ1) is 15.0. The van der Waals surface area contributed by atoms with Crippen LogP contribution in [0.3, 0.4) is 0 Å². The number of amides is 2. The number of anilines is 1. The standard InChI is InChI=1S/C26H29N3O2/c1-17-11-12-19-8-6-9-21(22(19)15-17)16-29-24-10-5-4-7-20(24)13-14-23(26(29)31)28-25(30)18(2)27-3/h4-12,15,18,23,27H,13-14,16H2,1-3H3,(H,28,30)/t18-,23?/m0/s1. The van der Waals surface area contributed by atoms with E-state index in [0.29, 0.717) is 13.0 Å². The predicted molar refractivity (Wildman–Crippen MR) is 125 cm³/mol. The van der Waals surface area contributed by atoms with E-state index in [1.54, 1.807) is 14.0 Å². The van der Waals surface area contributed by atoms with Gasteiger partial charge in [-0.2, -0.15) is 0 Å². The van der Waals surface area contributed by atoms with Gasteiger partial charge in [0.15, 0.2) is 0 Å². The Morgan fingerprint density at radius 3 is 2.74 bits per heavy atom. The van der Waals surface area contributed by atoms with Gasteiger partial charge in [0.1, 0.15) is 6.04 Å². The van der Waals surface area contributed by atoms with Crippen LogP contribution in [0.2, 0.25) is 0 Å². The average Bonchev–Trinajstić information content (AvgIpc) is 2.91. The maximum Gasteiger partial charge on any atom is 0.249 e. The molecule has 31 heavy (non-hydrogen) atoms. The van der Waals surface area contributed by atoms with Crippen molar-refractivity contribution in [2.75, 3.05) is 11.9 Å². The molecule has 2 atom stereocenters. The molecule has 3 aromatic rings. The van der Waals surface area contributed by atoms with Crippen molar-refractivity contribution in [1.82, 2.24) is 10.6 Å². The molecule has 0 radical (unpaired) electrons. The first kappa shape index (κ1) is 21.1. The number of rotatable bonds is 5. The van der Waals surface area contributed by atoms with E-state index < -0.39 is 6.04 Å². The van der Waals surface area contributed by atoms with Crippen LogP contribution in [0.25, 0.3) is 10.8 Å². The Kier molecular flexibility index (Phi) is 6.05. The number of benzene rings is 3. The van der Waals surface area contributed by atoms with Crippen molar-refractivity contribution in [2.45, 2.75) is 45.3 Å². The SMILES string of the molecule is CN[C@@H](C)C(=O)NC1CCc2ccccc2N(Cc2cccc3ccc(C)cc23)C1=O. The highest BCUT2D eigenvalue weighted by molar-refractivity contribution is 6.01. The van der Waals surface area contributed by atoms with E-state index in [1.807, 2.05) is 29.2 Å². The summed E-state index contributed by atoms with van der Waals surface area (Å²) in [5.41, 5.74) is 4.34. The Balaban J connectivity index is 1.72. The molecule has 0 saturated heterocycles. The lowest BCUT2D eigenvalue weighted by atomic mass is 10.0. The van der Waals surface area contributed by atoms with E-state index >= 15 is 0 Å². The second kappa shape index (κ2) is 8.90. The summed E-state index contributed by atoms with van der Waals surface area (Å²) in [7, 11) is 1.74. The van der Waals surface area contributed by atoms with Gasteiger partial charge in [0, 0.05) is 5.69 Å². The highest BCUT2D eigenvalue weighted by Crippen LogP contribution is 2.30. The van der Waals surface area contributed by atoms with Gasteiger partial charge in [-0.1, -0.05) is 60.2 Å². The lowest BCUT2D eigenvalue weighted by Gasteiger charge is -2.27. The summed E-state index contributed by atoms with van der Waals surface area (Å²) in [6.45, 7) is 4.34. The summed E-state index contributed by atoms with van der Waals surface area (Å²) in [6, 6.07) is 19.8. The van der Waals surface area contributed by atoms with E-state index in [1.165, 1.54) is 5.56 Å². The summed E-state index contributed by atoms with van der Waals surface area (Å²) in [5, 5.41) is 8.22. The number of hydrogen-bond donors (Lipinski definition) is 2. The minimum absolute atomic E-state index is 0.0636. The zero-order valence-corrected chi connectivity index (χ0v) is 18.3. The van der Waals surface area contributed by atoms with Crippen molar-refractivity contribution in [3.05, 3.63) is 77.4 Å². The summed E-state index contributed by atoms with van der Waals surface area (Å²) < 4.78 is 0. The molecule has 160 valence electrons. The molecule has 1 unspecified atom stereocenters. The third kappa shape index (κ3) is 4.32. The van der Waals surface area contributed by atoms with Crippen molar-refractivity contribution in [3.8, 4) is 0 Å². The normalized spacial score (nSPS) is 17.2. The molecule has 0 saturated carbocycles. The Labute approximate surface area is 183 Å². The fourth-order valence-corrected chi connectivity index (χ4v) is 4.20. The van der Waals surface area contributed by atoms with Crippen LogP contribution in [0.15, 0.2) is 60.7 Å². The molecule has 1 aliphatic rings. The summed E-state index contributed by atoms with van der Waals surface area (Å²) in [6.07, 6.45) is 1.33. The van der Waals surface area contributed by atoms with Gasteiger partial charge in [-0.05, 0) is 61.7 Å². The van der Waals surface area contributed by atoms with Crippen LogP contribution >= 0.6 is 0 Å². The van der Waals surface area contributed by atoms with Crippen molar-refractivity contribution >= 4 is 28.3 Å². The van der Waals surface area contributed by atoms with E-state index in [-0.39, 0.29) is 17.9 Å². The lowest BCUT2D eigenvalue weighted by Crippen LogP contribution is -2.52. The van der Waals surface area contributed by atoms with Gasteiger partial charge in [-0.15, -0.1) is 0 Å². The molecular formula is C26H29N3O2. The molecule has 2 N–H and O–H groups in total. The van der Waals surface area contributed by atoms with Gasteiger partial charge in [0.05, 0.1) is 12.6 Å². The predicted octanol–water partition coefficient (Wildman–Crippen LogP) is 3.72. The Morgan fingerprint density at radius 2 is 1.94 bits per heavy atom. The second-order valence-electron chi connectivity index (χ2n) is 8.31. The Bertz CT molecular complexity index is 1120. The molecule has 0 aliphatic carbocycles. The number of nitrogens with one attached hydrogen (secondary N) is 2. The molecule has 0 bridgehead atoms. The molecule has 5 nitrogen and oxygen atoms in total. The topological polar surface area (TPSA) is 61.4 Å². The van der Waals surface area contributed by atoms with Gasteiger partial charge in [-0.3, -0.25) is 9.59 Å². The number of carbonyl (C=O) groups is 2. The number of likely N-dealkylation sites (N-methyl/N-ethyl adjacent to an activating group) is 1. The average molecular weight is 416 g/mol. The van der Waals surface area contributed by atoms with Crippen LogP contribution in [0.5, 0.6) is 0 Å². The third-order valence-electron chi connectivity index (χ3n) is 6.15. The molecule has 1 heterocycles. The minimum Gasteiger partial charge on any atom is -0.343 e. The van der Waals surface area contributed by atoms with E-state index in [9.17, 15) is 9.59 Å². The van der Waals surface area contributed by atoms with Gasteiger partial charge in [-0.25, -0.2) is 0 Å². The summed E-state index contributed by atoms with van der Waals surface area (Å²) in [4.78, 5) is 28.0. The van der Waals surface area contributed by atoms with Crippen LogP contribution < -0.4 is 15.5 Å². The Hall–Kier alpha value is -3.18. The van der Waals surface area contributed by atoms with E-state index in [0.717, 1.165) is 34.0 Å². The molecule has 0 spiro atoms. The van der Waals surface area contributed by atoms with Gasteiger partial charge < -0.3 is 15.5 Å². The fraction of sp³-hybridized carbons (Fsp3) is 0.308. The van der Waals surface area contributed by atoms with Crippen molar-refractivity contribution in [3.63, 3.8) is 0 Å². The second-order valence-corrected chi connectivity index (χ2v) is 8.31. The van der Waals surface area contributed by atoms with Crippen molar-refractivity contribution in [2.24, 2.45) is 0 Å². The van der Waals surface area contributed by atoms with E-state index in [2.05, 4.69) is 54.0 Å². The van der Waals surface area contributed by atoms with E-state index in [4.69, 9.17) is 0 Å². The zero-order valence-electron chi connectivity index (χ0n) is 18.3. The molecule has 1 aliphatic heterocycles. The van der Waals surface area contributed by atoms with Crippen molar-refractivity contribution < 1.29 is 9.59 Å². The van der Waals surface area contributed by atoms with Crippen LogP contribution in [0.4, 0.5) is 5.69 Å². The molecular weight excluding hydrogens is 386 g/mol. The zero-order chi connectivity index (χ0) is 22.0. The lowest BCUT2D eigenvalue weighted by molar-refractivity contribution is -0.128. The van der Waals surface area contributed by atoms with Crippen LogP contribution in [0, 0.1) is 6.92 Å². The van der Waals surface area contributed by atoms with Crippen LogP contribution in [-0.2, 0) is 22.6 Å². The maximum atomic E-state index is 13.7. The smallest absolute Gasteiger partial charge is 0.249 e.